The second-order valence-corrected chi connectivity index (χ2v) is 5.86. The molecule has 0 aliphatic rings. The van der Waals surface area contributed by atoms with E-state index in [0.717, 1.165) is 25.3 Å². The third-order valence-electron chi connectivity index (χ3n) is 3.35. The van der Waals surface area contributed by atoms with E-state index in [0.29, 0.717) is 0 Å². The summed E-state index contributed by atoms with van der Waals surface area (Å²) >= 11 is 1.75. The average molecular weight is 294 g/mol. The van der Waals surface area contributed by atoms with Crippen molar-refractivity contribution in [2.24, 2.45) is 0 Å². The van der Waals surface area contributed by atoms with Gasteiger partial charge in [-0.2, -0.15) is 11.3 Å². The third kappa shape index (κ3) is 4.25. The molecule has 2 aromatic heterocycles. The van der Waals surface area contributed by atoms with Crippen molar-refractivity contribution in [3.05, 3.63) is 88.4 Å². The molecule has 0 fully saturated rings. The van der Waals surface area contributed by atoms with E-state index in [-0.39, 0.29) is 0 Å². The molecule has 0 unspecified atom stereocenters. The summed E-state index contributed by atoms with van der Waals surface area (Å²) in [6.07, 6.45) is 1.86. The SMILES string of the molecule is c1ccc(CN(Cc2ccsc2)Cc2ccccn2)cc1. The molecule has 3 aromatic rings. The number of pyridine rings is 1. The summed E-state index contributed by atoms with van der Waals surface area (Å²) in [7, 11) is 0. The highest BCUT2D eigenvalue weighted by molar-refractivity contribution is 7.07. The van der Waals surface area contributed by atoms with Gasteiger partial charge in [-0.1, -0.05) is 36.4 Å². The molecule has 2 heterocycles. The number of benzene rings is 1. The largest absolute Gasteiger partial charge is 0.289 e. The number of nitrogens with zero attached hydrogens (tertiary/aromatic N) is 2. The van der Waals surface area contributed by atoms with Crippen LogP contribution >= 0.6 is 11.3 Å². The number of aromatic nitrogens is 1. The molecule has 0 radical (unpaired) electrons. The summed E-state index contributed by atoms with van der Waals surface area (Å²) in [5, 5.41) is 4.35. The molecule has 0 saturated heterocycles. The number of hydrogen-bond donors (Lipinski definition) is 0. The zero-order valence-corrected chi connectivity index (χ0v) is 12.7. The summed E-state index contributed by atoms with van der Waals surface area (Å²) in [6, 6.07) is 18.9. The fourth-order valence-electron chi connectivity index (χ4n) is 2.37. The molecule has 0 atom stereocenters. The Morgan fingerprint density at radius 3 is 2.33 bits per heavy atom. The summed E-state index contributed by atoms with van der Waals surface area (Å²) in [5.41, 5.74) is 3.82. The molecule has 0 bridgehead atoms. The molecule has 0 aliphatic heterocycles. The topological polar surface area (TPSA) is 16.1 Å². The molecule has 0 aliphatic carbocycles. The van der Waals surface area contributed by atoms with Crippen LogP contribution < -0.4 is 0 Å². The van der Waals surface area contributed by atoms with E-state index >= 15 is 0 Å². The van der Waals surface area contributed by atoms with Gasteiger partial charge in [-0.25, -0.2) is 0 Å². The number of hydrogen-bond acceptors (Lipinski definition) is 3. The Hall–Kier alpha value is -1.97. The van der Waals surface area contributed by atoms with Crippen LogP contribution in [-0.2, 0) is 19.6 Å². The van der Waals surface area contributed by atoms with E-state index in [1.165, 1.54) is 11.1 Å². The number of thiophene rings is 1. The van der Waals surface area contributed by atoms with Gasteiger partial charge in [-0.3, -0.25) is 9.88 Å². The van der Waals surface area contributed by atoms with Crippen LogP contribution in [-0.4, -0.2) is 9.88 Å². The van der Waals surface area contributed by atoms with E-state index in [1.807, 2.05) is 18.3 Å². The van der Waals surface area contributed by atoms with Gasteiger partial charge in [-0.15, -0.1) is 0 Å². The van der Waals surface area contributed by atoms with E-state index in [4.69, 9.17) is 0 Å². The van der Waals surface area contributed by atoms with E-state index in [1.54, 1.807) is 11.3 Å². The van der Waals surface area contributed by atoms with Crippen molar-refractivity contribution in [2.75, 3.05) is 0 Å². The van der Waals surface area contributed by atoms with Crippen LogP contribution in [0, 0.1) is 0 Å². The van der Waals surface area contributed by atoms with Crippen molar-refractivity contribution in [2.45, 2.75) is 19.6 Å². The first kappa shape index (κ1) is 14.0. The Morgan fingerprint density at radius 2 is 1.62 bits per heavy atom. The summed E-state index contributed by atoms with van der Waals surface area (Å²) in [5.74, 6) is 0. The van der Waals surface area contributed by atoms with Crippen molar-refractivity contribution >= 4 is 11.3 Å². The van der Waals surface area contributed by atoms with Crippen LogP contribution in [0.2, 0.25) is 0 Å². The monoisotopic (exact) mass is 294 g/mol. The smallest absolute Gasteiger partial charge is 0.0544 e. The van der Waals surface area contributed by atoms with Crippen LogP contribution in [0.25, 0.3) is 0 Å². The fourth-order valence-corrected chi connectivity index (χ4v) is 3.03. The standard InChI is InChI=1S/C18H18N2S/c1-2-6-16(7-3-1)12-20(13-17-9-11-21-15-17)14-18-8-4-5-10-19-18/h1-11,15H,12-14H2. The fraction of sp³-hybridized carbons (Fsp3) is 0.167. The van der Waals surface area contributed by atoms with Gasteiger partial charge in [0.05, 0.1) is 5.69 Å². The first-order chi connectivity index (χ1) is 10.4. The highest BCUT2D eigenvalue weighted by atomic mass is 32.1. The van der Waals surface area contributed by atoms with Crippen LogP contribution in [0.5, 0.6) is 0 Å². The highest BCUT2D eigenvalue weighted by Crippen LogP contribution is 2.15. The molecule has 2 nitrogen and oxygen atoms in total. The molecule has 0 saturated carbocycles. The molecule has 1 aromatic carbocycles. The second-order valence-electron chi connectivity index (χ2n) is 5.08. The van der Waals surface area contributed by atoms with Crippen molar-refractivity contribution in [3.63, 3.8) is 0 Å². The minimum Gasteiger partial charge on any atom is -0.289 e. The molecule has 0 spiro atoms. The predicted octanol–water partition coefficient (Wildman–Crippen LogP) is 4.35. The Morgan fingerprint density at radius 1 is 0.810 bits per heavy atom. The minimum absolute atomic E-state index is 0.867. The van der Waals surface area contributed by atoms with Gasteiger partial charge in [0.1, 0.15) is 0 Å². The first-order valence-electron chi connectivity index (χ1n) is 7.07. The Labute approximate surface area is 129 Å². The normalized spacial score (nSPS) is 10.9. The van der Waals surface area contributed by atoms with Crippen molar-refractivity contribution < 1.29 is 0 Å². The van der Waals surface area contributed by atoms with Crippen LogP contribution in [0.3, 0.4) is 0 Å². The summed E-state index contributed by atoms with van der Waals surface area (Å²) in [4.78, 5) is 6.88. The lowest BCUT2D eigenvalue weighted by molar-refractivity contribution is 0.245. The Bertz CT molecular complexity index is 594. The lowest BCUT2D eigenvalue weighted by atomic mass is 10.2. The maximum atomic E-state index is 4.45. The summed E-state index contributed by atoms with van der Waals surface area (Å²) < 4.78 is 0. The molecular weight excluding hydrogens is 276 g/mol. The Kier molecular flexibility index (Phi) is 4.77. The lowest BCUT2D eigenvalue weighted by Gasteiger charge is -2.21. The van der Waals surface area contributed by atoms with E-state index < -0.39 is 0 Å². The highest BCUT2D eigenvalue weighted by Gasteiger charge is 2.09. The molecule has 106 valence electrons. The van der Waals surface area contributed by atoms with Gasteiger partial charge < -0.3 is 0 Å². The van der Waals surface area contributed by atoms with Gasteiger partial charge in [0.25, 0.3) is 0 Å². The molecule has 3 rings (SSSR count). The molecule has 3 heteroatoms. The maximum absolute atomic E-state index is 4.45. The number of rotatable bonds is 6. The van der Waals surface area contributed by atoms with Crippen molar-refractivity contribution in [1.29, 1.82) is 0 Å². The zero-order chi connectivity index (χ0) is 14.3. The van der Waals surface area contributed by atoms with Crippen molar-refractivity contribution in [1.82, 2.24) is 9.88 Å². The van der Waals surface area contributed by atoms with E-state index in [9.17, 15) is 0 Å². The van der Waals surface area contributed by atoms with Gasteiger partial charge in [0.2, 0.25) is 0 Å². The van der Waals surface area contributed by atoms with Crippen molar-refractivity contribution in [3.8, 4) is 0 Å². The van der Waals surface area contributed by atoms with E-state index in [2.05, 4.69) is 63.1 Å². The third-order valence-corrected chi connectivity index (χ3v) is 4.08. The molecule has 0 N–H and O–H groups in total. The van der Waals surface area contributed by atoms with Gasteiger partial charge in [0, 0.05) is 25.8 Å². The van der Waals surface area contributed by atoms with Gasteiger partial charge in [-0.05, 0) is 40.1 Å². The molecular formula is C18H18N2S. The second kappa shape index (κ2) is 7.16. The van der Waals surface area contributed by atoms with Crippen LogP contribution in [0.15, 0.2) is 71.6 Å². The first-order valence-corrected chi connectivity index (χ1v) is 8.02. The summed E-state index contributed by atoms with van der Waals surface area (Å²) in [6.45, 7) is 2.76. The molecule has 21 heavy (non-hydrogen) atoms. The van der Waals surface area contributed by atoms with Crippen LogP contribution in [0.1, 0.15) is 16.8 Å². The predicted molar refractivity (Wildman–Crippen MR) is 87.9 cm³/mol. The molecule has 0 amide bonds. The van der Waals surface area contributed by atoms with Crippen LogP contribution in [0.4, 0.5) is 0 Å². The maximum Gasteiger partial charge on any atom is 0.0544 e. The zero-order valence-electron chi connectivity index (χ0n) is 11.9. The minimum atomic E-state index is 0.867. The van der Waals surface area contributed by atoms with Gasteiger partial charge in [0.15, 0.2) is 0 Å². The quantitative estimate of drug-likeness (QED) is 0.672. The Balaban J connectivity index is 1.74. The lowest BCUT2D eigenvalue weighted by Crippen LogP contribution is -2.22. The van der Waals surface area contributed by atoms with Gasteiger partial charge >= 0.3 is 0 Å². The average Bonchev–Trinajstić information content (AvgIpc) is 3.02.